The lowest BCUT2D eigenvalue weighted by Gasteiger charge is -2.05. The van der Waals surface area contributed by atoms with Crippen LogP contribution in [0, 0.1) is 10.1 Å². The molecule has 0 bridgehead atoms. The molecule has 18 heavy (non-hydrogen) atoms. The minimum Gasteiger partial charge on any atom is -0.373 e. The average Bonchev–Trinajstić information content (AvgIpc) is 2.89. The highest BCUT2D eigenvalue weighted by Crippen LogP contribution is 2.20. The molecule has 9 nitrogen and oxygen atoms in total. The van der Waals surface area contributed by atoms with E-state index in [9.17, 15) is 10.1 Å². The van der Waals surface area contributed by atoms with Crippen molar-refractivity contribution >= 4 is 17.3 Å². The molecular weight excluding hydrogens is 240 g/mol. The van der Waals surface area contributed by atoms with E-state index in [4.69, 9.17) is 0 Å². The van der Waals surface area contributed by atoms with Gasteiger partial charge in [-0.05, 0) is 0 Å². The molecule has 0 fully saturated rings. The van der Waals surface area contributed by atoms with Gasteiger partial charge in [0, 0.05) is 7.05 Å². The lowest BCUT2D eigenvalue weighted by Crippen LogP contribution is -2.05. The molecular formula is C9H10N6O3. The molecule has 0 aliphatic heterocycles. The zero-order valence-electron chi connectivity index (χ0n) is 9.45. The molecule has 0 saturated carbocycles. The quantitative estimate of drug-likeness (QED) is 0.596. The van der Waals surface area contributed by atoms with E-state index >= 15 is 0 Å². The van der Waals surface area contributed by atoms with Gasteiger partial charge in [0.1, 0.15) is 11.6 Å². The third-order valence-corrected chi connectivity index (χ3v) is 2.11. The van der Waals surface area contributed by atoms with Gasteiger partial charge in [0.2, 0.25) is 6.39 Å². The second kappa shape index (κ2) is 5.08. The Labute approximate surface area is 101 Å². The van der Waals surface area contributed by atoms with Crippen LogP contribution in [0.1, 0.15) is 5.82 Å². The Morgan fingerprint density at radius 3 is 2.83 bits per heavy atom. The van der Waals surface area contributed by atoms with E-state index in [1.54, 1.807) is 7.05 Å². The van der Waals surface area contributed by atoms with Gasteiger partial charge in [0.15, 0.2) is 5.82 Å². The summed E-state index contributed by atoms with van der Waals surface area (Å²) in [6.45, 7) is 0.272. The van der Waals surface area contributed by atoms with Crippen LogP contribution in [0.2, 0.25) is 0 Å². The summed E-state index contributed by atoms with van der Waals surface area (Å²) < 4.78 is 4.57. The van der Waals surface area contributed by atoms with Crippen molar-refractivity contribution in [2.24, 2.45) is 0 Å². The molecule has 2 aromatic rings. The van der Waals surface area contributed by atoms with Crippen LogP contribution in [0.25, 0.3) is 0 Å². The molecule has 2 N–H and O–H groups in total. The highest BCUT2D eigenvalue weighted by atomic mass is 16.6. The predicted octanol–water partition coefficient (Wildman–Crippen LogP) is 1.03. The largest absolute Gasteiger partial charge is 0.373 e. The zero-order chi connectivity index (χ0) is 13.0. The second-order valence-electron chi connectivity index (χ2n) is 3.30. The third-order valence-electron chi connectivity index (χ3n) is 2.11. The van der Waals surface area contributed by atoms with Crippen molar-refractivity contribution in [3.05, 3.63) is 34.5 Å². The summed E-state index contributed by atoms with van der Waals surface area (Å²) >= 11 is 0. The zero-order valence-corrected chi connectivity index (χ0v) is 9.45. The van der Waals surface area contributed by atoms with Crippen molar-refractivity contribution in [2.75, 3.05) is 17.7 Å². The van der Waals surface area contributed by atoms with Crippen molar-refractivity contribution in [1.29, 1.82) is 0 Å². The fourth-order valence-electron chi connectivity index (χ4n) is 1.28. The molecule has 0 atom stereocenters. The fraction of sp³-hybridized carbons (Fsp3) is 0.222. The van der Waals surface area contributed by atoms with Crippen molar-refractivity contribution in [3.63, 3.8) is 0 Å². The molecule has 9 heteroatoms. The van der Waals surface area contributed by atoms with Crippen LogP contribution < -0.4 is 10.6 Å². The molecule has 2 aromatic heterocycles. The Bertz CT molecular complexity index is 541. The van der Waals surface area contributed by atoms with Crippen molar-refractivity contribution in [2.45, 2.75) is 6.54 Å². The van der Waals surface area contributed by atoms with E-state index < -0.39 is 4.92 Å². The van der Waals surface area contributed by atoms with Gasteiger partial charge < -0.3 is 15.2 Å². The SMILES string of the molecule is CNc1cc([N+](=O)[O-])cc(NCc2ncon2)n1. The first-order chi connectivity index (χ1) is 8.69. The number of nitro groups is 1. The molecule has 0 saturated heterocycles. The van der Waals surface area contributed by atoms with Crippen LogP contribution in [-0.4, -0.2) is 27.1 Å². The molecule has 2 heterocycles. The standard InChI is InChI=1S/C9H10N6O3/c1-10-7-2-6(15(16)17)3-8(13-7)11-4-9-12-5-18-14-9/h2-3,5H,4H2,1H3,(H2,10,11,13). The lowest BCUT2D eigenvalue weighted by atomic mass is 10.3. The molecule has 0 radical (unpaired) electrons. The topological polar surface area (TPSA) is 119 Å². The van der Waals surface area contributed by atoms with Gasteiger partial charge in [-0.25, -0.2) is 4.98 Å². The number of pyridine rings is 1. The molecule has 94 valence electrons. The summed E-state index contributed by atoms with van der Waals surface area (Å²) in [6.07, 6.45) is 1.21. The summed E-state index contributed by atoms with van der Waals surface area (Å²) in [7, 11) is 1.63. The van der Waals surface area contributed by atoms with Crippen LogP contribution in [0.4, 0.5) is 17.3 Å². The molecule has 0 amide bonds. The van der Waals surface area contributed by atoms with Crippen LogP contribution in [0.5, 0.6) is 0 Å². The molecule has 0 aliphatic carbocycles. The summed E-state index contributed by atoms with van der Waals surface area (Å²) in [5.41, 5.74) is -0.0510. The summed E-state index contributed by atoms with van der Waals surface area (Å²) in [5.74, 6) is 1.20. The van der Waals surface area contributed by atoms with E-state index in [1.807, 2.05) is 0 Å². The molecule has 0 unspecified atom stereocenters. The van der Waals surface area contributed by atoms with Gasteiger partial charge in [-0.15, -0.1) is 0 Å². The highest BCUT2D eigenvalue weighted by Gasteiger charge is 2.10. The Kier molecular flexibility index (Phi) is 3.32. The van der Waals surface area contributed by atoms with E-state index in [0.717, 1.165) is 0 Å². The minimum absolute atomic E-state index is 0.0510. The van der Waals surface area contributed by atoms with Gasteiger partial charge in [-0.3, -0.25) is 10.1 Å². The predicted molar refractivity (Wildman–Crippen MR) is 62.1 cm³/mol. The first kappa shape index (κ1) is 11.8. The van der Waals surface area contributed by atoms with Crippen LogP contribution >= 0.6 is 0 Å². The third kappa shape index (κ3) is 2.70. The Morgan fingerprint density at radius 2 is 2.22 bits per heavy atom. The average molecular weight is 250 g/mol. The maximum absolute atomic E-state index is 10.7. The number of nitrogens with one attached hydrogen (secondary N) is 2. The maximum atomic E-state index is 10.7. The van der Waals surface area contributed by atoms with Crippen molar-refractivity contribution < 1.29 is 9.45 Å². The van der Waals surface area contributed by atoms with E-state index in [-0.39, 0.29) is 12.2 Å². The molecule has 0 spiro atoms. The van der Waals surface area contributed by atoms with Gasteiger partial charge in [-0.1, -0.05) is 5.16 Å². The van der Waals surface area contributed by atoms with Gasteiger partial charge in [0.25, 0.3) is 5.69 Å². The first-order valence-corrected chi connectivity index (χ1v) is 5.02. The number of nitrogens with zero attached hydrogens (tertiary/aromatic N) is 4. The normalized spacial score (nSPS) is 10.1. The van der Waals surface area contributed by atoms with Gasteiger partial charge >= 0.3 is 0 Å². The fourth-order valence-corrected chi connectivity index (χ4v) is 1.28. The summed E-state index contributed by atoms with van der Waals surface area (Å²) in [4.78, 5) is 18.2. The Balaban J connectivity index is 2.16. The van der Waals surface area contributed by atoms with E-state index in [1.165, 1.54) is 18.5 Å². The summed E-state index contributed by atoms with van der Waals surface area (Å²) in [5, 5.41) is 20.0. The number of anilines is 2. The van der Waals surface area contributed by atoms with Gasteiger partial charge in [0.05, 0.1) is 23.6 Å². The molecule has 0 aromatic carbocycles. The minimum atomic E-state index is -0.484. The summed E-state index contributed by atoms with van der Waals surface area (Å²) in [6, 6.07) is 2.68. The lowest BCUT2D eigenvalue weighted by molar-refractivity contribution is -0.384. The first-order valence-electron chi connectivity index (χ1n) is 5.02. The second-order valence-corrected chi connectivity index (χ2v) is 3.30. The van der Waals surface area contributed by atoms with E-state index in [0.29, 0.717) is 17.5 Å². The number of aromatic nitrogens is 3. The van der Waals surface area contributed by atoms with Crippen LogP contribution in [0.15, 0.2) is 23.0 Å². The van der Waals surface area contributed by atoms with Gasteiger partial charge in [-0.2, -0.15) is 4.98 Å². The number of rotatable bonds is 5. The molecule has 2 rings (SSSR count). The Morgan fingerprint density at radius 1 is 1.44 bits per heavy atom. The van der Waals surface area contributed by atoms with Crippen LogP contribution in [-0.2, 0) is 6.54 Å². The monoisotopic (exact) mass is 250 g/mol. The number of hydrogen-bond acceptors (Lipinski definition) is 8. The van der Waals surface area contributed by atoms with Crippen LogP contribution in [0.3, 0.4) is 0 Å². The Hall–Kier alpha value is -2.71. The maximum Gasteiger partial charge on any atom is 0.276 e. The highest BCUT2D eigenvalue weighted by molar-refractivity contribution is 5.54. The smallest absolute Gasteiger partial charge is 0.276 e. The van der Waals surface area contributed by atoms with E-state index in [2.05, 4.69) is 30.3 Å². The molecule has 0 aliphatic rings. The van der Waals surface area contributed by atoms with Crippen molar-refractivity contribution in [3.8, 4) is 0 Å². The number of hydrogen-bond donors (Lipinski definition) is 2. The van der Waals surface area contributed by atoms with Crippen molar-refractivity contribution in [1.82, 2.24) is 15.1 Å².